The van der Waals surface area contributed by atoms with Crippen molar-refractivity contribution in [2.45, 2.75) is 70.1 Å². The van der Waals surface area contributed by atoms with Gasteiger partial charge >= 0.3 is 5.97 Å². The first-order valence-corrected chi connectivity index (χ1v) is 9.49. The average Bonchev–Trinajstić information content (AvgIpc) is 2.75. The highest BCUT2D eigenvalue weighted by Gasteiger charge is 2.32. The van der Waals surface area contributed by atoms with Crippen molar-refractivity contribution in [3.8, 4) is 0 Å². The van der Waals surface area contributed by atoms with E-state index >= 15 is 0 Å². The zero-order valence-corrected chi connectivity index (χ0v) is 14.1. The molecule has 2 fully saturated rings. The summed E-state index contributed by atoms with van der Waals surface area (Å²) in [6, 6.07) is -0.205. The molecular weight excluding hydrogens is 302 g/mol. The number of ether oxygens (including phenoxy) is 1. The molecule has 2 unspecified atom stereocenters. The summed E-state index contributed by atoms with van der Waals surface area (Å²) in [5, 5.41) is 9.02. The van der Waals surface area contributed by atoms with Gasteiger partial charge in [0.15, 0.2) is 0 Å². The van der Waals surface area contributed by atoms with Gasteiger partial charge < -0.3 is 14.7 Å². The van der Waals surface area contributed by atoms with Gasteiger partial charge in [0.05, 0.1) is 18.6 Å². The second-order valence-electron chi connectivity index (χ2n) is 6.25. The predicted octanol–water partition coefficient (Wildman–Crippen LogP) is 2.53. The van der Waals surface area contributed by atoms with Crippen LogP contribution in [0, 0.1) is 0 Å². The van der Waals surface area contributed by atoms with E-state index in [0.29, 0.717) is 12.3 Å². The SMILES string of the molecule is CC(OC1CCCCCC1)C(=O)N1CCSCC1CC(=O)O. The van der Waals surface area contributed by atoms with Crippen molar-refractivity contribution >= 4 is 23.6 Å². The van der Waals surface area contributed by atoms with Gasteiger partial charge in [-0.25, -0.2) is 0 Å². The lowest BCUT2D eigenvalue weighted by Crippen LogP contribution is -2.51. The lowest BCUT2D eigenvalue weighted by Gasteiger charge is -2.36. The maximum Gasteiger partial charge on any atom is 0.305 e. The Hall–Kier alpha value is -0.750. The number of aliphatic carboxylic acids is 1. The molecule has 1 heterocycles. The Morgan fingerprint density at radius 2 is 1.95 bits per heavy atom. The first-order valence-electron chi connectivity index (χ1n) is 8.33. The molecule has 0 bridgehead atoms. The van der Waals surface area contributed by atoms with Crippen LogP contribution in [0.5, 0.6) is 0 Å². The molecule has 1 N–H and O–H groups in total. The monoisotopic (exact) mass is 329 g/mol. The molecule has 0 aromatic rings. The van der Waals surface area contributed by atoms with Crippen LogP contribution in [-0.4, -0.2) is 58.2 Å². The molecule has 6 heteroatoms. The molecular formula is C16H27NO4S. The number of amides is 1. The maximum atomic E-state index is 12.6. The van der Waals surface area contributed by atoms with Crippen LogP contribution in [0.15, 0.2) is 0 Å². The first-order chi connectivity index (χ1) is 10.6. The molecule has 1 aliphatic heterocycles. The lowest BCUT2D eigenvalue weighted by molar-refractivity contribution is -0.150. The van der Waals surface area contributed by atoms with Gasteiger partial charge in [-0.2, -0.15) is 11.8 Å². The molecule has 1 aliphatic carbocycles. The van der Waals surface area contributed by atoms with Crippen LogP contribution in [0.4, 0.5) is 0 Å². The van der Waals surface area contributed by atoms with E-state index in [0.717, 1.165) is 18.6 Å². The van der Waals surface area contributed by atoms with Gasteiger partial charge in [-0.15, -0.1) is 0 Å². The summed E-state index contributed by atoms with van der Waals surface area (Å²) in [5.41, 5.74) is 0. The second kappa shape index (κ2) is 8.77. The van der Waals surface area contributed by atoms with Crippen molar-refractivity contribution in [1.29, 1.82) is 0 Å². The van der Waals surface area contributed by atoms with E-state index in [1.54, 1.807) is 16.7 Å². The van der Waals surface area contributed by atoms with E-state index in [1.165, 1.54) is 25.7 Å². The summed E-state index contributed by atoms with van der Waals surface area (Å²) in [7, 11) is 0. The standard InChI is InChI=1S/C16H27NO4S/c1-12(21-14-6-4-2-3-5-7-14)16(20)17-8-9-22-11-13(17)10-15(18)19/h12-14H,2-11H2,1H3,(H,18,19). The largest absolute Gasteiger partial charge is 0.481 e. The number of carbonyl (C=O) groups is 2. The molecule has 2 atom stereocenters. The number of nitrogens with zero attached hydrogens (tertiary/aromatic N) is 1. The van der Waals surface area contributed by atoms with Gasteiger partial charge in [0.1, 0.15) is 6.10 Å². The summed E-state index contributed by atoms with van der Waals surface area (Å²) in [5.74, 6) is 0.685. The first kappa shape index (κ1) is 17.6. The minimum absolute atomic E-state index is 0.0227. The van der Waals surface area contributed by atoms with Crippen molar-refractivity contribution < 1.29 is 19.4 Å². The highest BCUT2D eigenvalue weighted by Crippen LogP contribution is 2.24. The maximum absolute atomic E-state index is 12.6. The van der Waals surface area contributed by atoms with Gasteiger partial charge in [-0.05, 0) is 19.8 Å². The summed E-state index contributed by atoms with van der Waals surface area (Å²) >= 11 is 1.72. The molecule has 0 spiro atoms. The van der Waals surface area contributed by atoms with Crippen molar-refractivity contribution in [3.05, 3.63) is 0 Å². The minimum atomic E-state index is -0.845. The van der Waals surface area contributed by atoms with Crippen LogP contribution >= 0.6 is 11.8 Å². The second-order valence-corrected chi connectivity index (χ2v) is 7.40. The molecule has 1 saturated carbocycles. The summed E-state index contributed by atoms with van der Waals surface area (Å²) in [6.07, 6.45) is 6.66. The Balaban J connectivity index is 1.90. The lowest BCUT2D eigenvalue weighted by atomic mass is 10.1. The van der Waals surface area contributed by atoms with Crippen molar-refractivity contribution in [2.24, 2.45) is 0 Å². The average molecular weight is 329 g/mol. The van der Waals surface area contributed by atoms with Crippen LogP contribution in [0.1, 0.15) is 51.9 Å². The predicted molar refractivity (Wildman–Crippen MR) is 87.1 cm³/mol. The van der Waals surface area contributed by atoms with Gasteiger partial charge in [-0.3, -0.25) is 9.59 Å². The van der Waals surface area contributed by atoms with E-state index in [2.05, 4.69) is 0 Å². The van der Waals surface area contributed by atoms with Crippen LogP contribution in [-0.2, 0) is 14.3 Å². The third-order valence-corrected chi connectivity index (χ3v) is 5.56. The van der Waals surface area contributed by atoms with E-state index in [1.807, 2.05) is 6.92 Å². The molecule has 22 heavy (non-hydrogen) atoms. The van der Waals surface area contributed by atoms with E-state index < -0.39 is 12.1 Å². The molecule has 0 aromatic heterocycles. The van der Waals surface area contributed by atoms with Gasteiger partial charge in [-0.1, -0.05) is 25.7 Å². The van der Waals surface area contributed by atoms with Gasteiger partial charge in [0.25, 0.3) is 5.91 Å². The fourth-order valence-corrected chi connectivity index (χ4v) is 4.34. The van der Waals surface area contributed by atoms with Crippen LogP contribution in [0.25, 0.3) is 0 Å². The van der Waals surface area contributed by atoms with Gasteiger partial charge in [0, 0.05) is 18.1 Å². The topological polar surface area (TPSA) is 66.8 Å². The molecule has 2 aliphatic rings. The zero-order valence-electron chi connectivity index (χ0n) is 13.3. The van der Waals surface area contributed by atoms with Crippen molar-refractivity contribution in [2.75, 3.05) is 18.1 Å². The number of hydrogen-bond donors (Lipinski definition) is 1. The smallest absolute Gasteiger partial charge is 0.305 e. The molecule has 2 rings (SSSR count). The minimum Gasteiger partial charge on any atom is -0.481 e. The van der Waals surface area contributed by atoms with E-state index in [4.69, 9.17) is 9.84 Å². The molecule has 0 aromatic carbocycles. The number of hydrogen-bond acceptors (Lipinski definition) is 4. The number of carboxylic acid groups (broad SMARTS) is 1. The summed E-state index contributed by atoms with van der Waals surface area (Å²) in [4.78, 5) is 25.4. The van der Waals surface area contributed by atoms with E-state index in [-0.39, 0.29) is 24.5 Å². The Morgan fingerprint density at radius 1 is 1.27 bits per heavy atom. The fraction of sp³-hybridized carbons (Fsp3) is 0.875. The Bertz CT molecular complexity index is 382. The Morgan fingerprint density at radius 3 is 2.59 bits per heavy atom. The Labute approximate surface area is 136 Å². The highest BCUT2D eigenvalue weighted by molar-refractivity contribution is 7.99. The van der Waals surface area contributed by atoms with Crippen molar-refractivity contribution in [1.82, 2.24) is 4.90 Å². The van der Waals surface area contributed by atoms with Crippen molar-refractivity contribution in [3.63, 3.8) is 0 Å². The van der Waals surface area contributed by atoms with Crippen LogP contribution in [0.2, 0.25) is 0 Å². The van der Waals surface area contributed by atoms with E-state index in [9.17, 15) is 9.59 Å². The number of rotatable bonds is 5. The molecule has 0 radical (unpaired) electrons. The summed E-state index contributed by atoms with van der Waals surface area (Å²) in [6.45, 7) is 2.44. The Kier molecular flexibility index (Phi) is 7.02. The number of carboxylic acids is 1. The van der Waals surface area contributed by atoms with Crippen LogP contribution in [0.3, 0.4) is 0 Å². The molecule has 5 nitrogen and oxygen atoms in total. The molecule has 126 valence electrons. The summed E-state index contributed by atoms with van der Waals surface area (Å²) < 4.78 is 5.99. The third-order valence-electron chi connectivity index (χ3n) is 4.47. The molecule has 1 saturated heterocycles. The zero-order chi connectivity index (χ0) is 15.9. The normalized spacial score (nSPS) is 25.5. The number of carbonyl (C=O) groups excluding carboxylic acids is 1. The van der Waals surface area contributed by atoms with Crippen LogP contribution < -0.4 is 0 Å². The van der Waals surface area contributed by atoms with Gasteiger partial charge in [0.2, 0.25) is 0 Å². The molecule has 1 amide bonds. The third kappa shape index (κ3) is 5.16. The quantitative estimate of drug-likeness (QED) is 0.785. The number of thioether (sulfide) groups is 1. The highest BCUT2D eigenvalue weighted by atomic mass is 32.2. The fourth-order valence-electron chi connectivity index (χ4n) is 3.27.